The minimum atomic E-state index is -0.868. The van der Waals surface area contributed by atoms with Crippen molar-refractivity contribution in [2.75, 3.05) is 13.1 Å². The van der Waals surface area contributed by atoms with Crippen LogP contribution in [0.2, 0.25) is 0 Å². The summed E-state index contributed by atoms with van der Waals surface area (Å²) in [5.41, 5.74) is 5.37. The summed E-state index contributed by atoms with van der Waals surface area (Å²) in [6.07, 6.45) is 1.24. The van der Waals surface area contributed by atoms with Gasteiger partial charge in [-0.15, -0.1) is 0 Å². The van der Waals surface area contributed by atoms with E-state index in [9.17, 15) is 4.79 Å². The topological polar surface area (TPSA) is 99.2 Å². The Hall–Kier alpha value is -1.46. The first-order chi connectivity index (χ1) is 6.63. The maximum Gasteiger partial charge on any atom is 0.407 e. The first kappa shape index (κ1) is 10.6. The number of carbonyl (C=O) groups is 1. The van der Waals surface area contributed by atoms with E-state index in [1.807, 2.05) is 0 Å². The zero-order valence-corrected chi connectivity index (χ0v) is 7.89. The number of nitrogens with zero attached hydrogens (tertiary/aromatic N) is 2. The zero-order valence-electron chi connectivity index (χ0n) is 7.89. The van der Waals surface area contributed by atoms with Crippen LogP contribution in [0, 0.1) is 5.92 Å². The van der Waals surface area contributed by atoms with Crippen molar-refractivity contribution in [1.29, 1.82) is 0 Å². The van der Waals surface area contributed by atoms with Crippen LogP contribution in [0.3, 0.4) is 0 Å². The van der Waals surface area contributed by atoms with Crippen molar-refractivity contribution >= 4 is 11.9 Å². The van der Waals surface area contributed by atoms with Crippen LogP contribution >= 0.6 is 0 Å². The lowest BCUT2D eigenvalue weighted by Crippen LogP contribution is -2.38. The molecule has 0 aromatic rings. The molecule has 0 aliphatic carbocycles. The van der Waals surface area contributed by atoms with E-state index < -0.39 is 6.09 Å². The molecule has 0 radical (unpaired) electrons. The molecule has 80 valence electrons. The summed E-state index contributed by atoms with van der Waals surface area (Å²) < 4.78 is 0. The van der Waals surface area contributed by atoms with E-state index in [0.717, 1.165) is 12.8 Å². The molecular weight excluding hydrogens is 186 g/mol. The van der Waals surface area contributed by atoms with Crippen molar-refractivity contribution < 1.29 is 15.1 Å². The van der Waals surface area contributed by atoms with Crippen LogP contribution in [-0.4, -0.2) is 40.2 Å². The average molecular weight is 201 g/mol. The number of carboxylic acid groups (broad SMARTS) is 1. The first-order valence-electron chi connectivity index (χ1n) is 4.57. The first-order valence-corrected chi connectivity index (χ1v) is 4.57. The Morgan fingerprint density at radius 3 is 2.50 bits per heavy atom. The minimum absolute atomic E-state index is 0.221. The second kappa shape index (κ2) is 4.69. The molecule has 4 N–H and O–H groups in total. The number of rotatable bonds is 2. The average Bonchev–Trinajstić information content (AvgIpc) is 2.18. The summed E-state index contributed by atoms with van der Waals surface area (Å²) in [5.74, 6) is 0.556. The SMILES string of the molecule is N/C(CC1CCN(C(=O)O)CC1)=N/O. The van der Waals surface area contributed by atoms with E-state index in [4.69, 9.17) is 16.0 Å². The maximum absolute atomic E-state index is 10.6. The van der Waals surface area contributed by atoms with E-state index in [-0.39, 0.29) is 5.84 Å². The summed E-state index contributed by atoms with van der Waals surface area (Å²) >= 11 is 0. The summed E-state index contributed by atoms with van der Waals surface area (Å²) in [7, 11) is 0. The number of nitrogens with two attached hydrogens (primary N) is 1. The standard InChI is InChI=1S/C8H15N3O3/c9-7(10-14)5-6-1-3-11(4-2-6)8(12)13/h6,14H,1-5H2,(H2,9,10)(H,12,13). The summed E-state index contributed by atoms with van der Waals surface area (Å²) in [6.45, 7) is 1.08. The van der Waals surface area contributed by atoms with Gasteiger partial charge in [0, 0.05) is 19.5 Å². The Kier molecular flexibility index (Phi) is 3.55. The lowest BCUT2D eigenvalue weighted by molar-refractivity contribution is 0.125. The Morgan fingerprint density at radius 2 is 2.07 bits per heavy atom. The molecule has 0 aromatic carbocycles. The van der Waals surface area contributed by atoms with Gasteiger partial charge in [0.05, 0.1) is 0 Å². The monoisotopic (exact) mass is 201 g/mol. The van der Waals surface area contributed by atoms with E-state index >= 15 is 0 Å². The number of likely N-dealkylation sites (tertiary alicyclic amines) is 1. The van der Waals surface area contributed by atoms with Gasteiger partial charge >= 0.3 is 6.09 Å². The highest BCUT2D eigenvalue weighted by molar-refractivity contribution is 5.79. The molecule has 6 heteroatoms. The molecule has 0 atom stereocenters. The smallest absolute Gasteiger partial charge is 0.407 e. The van der Waals surface area contributed by atoms with E-state index in [1.54, 1.807) is 0 Å². The largest absolute Gasteiger partial charge is 0.465 e. The molecule has 1 heterocycles. The van der Waals surface area contributed by atoms with Crippen LogP contribution in [0.1, 0.15) is 19.3 Å². The van der Waals surface area contributed by atoms with Crippen LogP contribution in [0.25, 0.3) is 0 Å². The van der Waals surface area contributed by atoms with Gasteiger partial charge in [-0.3, -0.25) is 0 Å². The molecule has 1 aliphatic rings. The van der Waals surface area contributed by atoms with E-state index in [2.05, 4.69) is 5.16 Å². The van der Waals surface area contributed by atoms with Crippen LogP contribution in [-0.2, 0) is 0 Å². The van der Waals surface area contributed by atoms with Gasteiger partial charge in [0.1, 0.15) is 5.84 Å². The molecule has 1 rings (SSSR count). The van der Waals surface area contributed by atoms with Crippen LogP contribution in [0.4, 0.5) is 4.79 Å². The molecule has 0 aromatic heterocycles. The Bertz CT molecular complexity index is 234. The third-order valence-corrected chi connectivity index (χ3v) is 2.51. The molecule has 14 heavy (non-hydrogen) atoms. The molecule has 0 bridgehead atoms. The predicted octanol–water partition coefficient (Wildman–Crippen LogP) is 0.513. The molecule has 1 aliphatic heterocycles. The van der Waals surface area contributed by atoms with Gasteiger partial charge < -0.3 is 20.9 Å². The number of amidine groups is 1. The molecule has 0 spiro atoms. The lowest BCUT2D eigenvalue weighted by atomic mass is 9.93. The molecule has 1 fully saturated rings. The molecular formula is C8H15N3O3. The third kappa shape index (κ3) is 2.79. The number of piperidine rings is 1. The van der Waals surface area contributed by atoms with Crippen LogP contribution in [0.5, 0.6) is 0 Å². The summed E-state index contributed by atoms with van der Waals surface area (Å²) in [6, 6.07) is 0. The number of oxime groups is 1. The number of hydrogen-bond donors (Lipinski definition) is 3. The highest BCUT2D eigenvalue weighted by atomic mass is 16.4. The van der Waals surface area contributed by atoms with Gasteiger partial charge in [0.15, 0.2) is 0 Å². The predicted molar refractivity (Wildman–Crippen MR) is 50.3 cm³/mol. The van der Waals surface area contributed by atoms with Crippen molar-refractivity contribution in [3.05, 3.63) is 0 Å². The second-order valence-corrected chi connectivity index (χ2v) is 3.51. The molecule has 0 saturated carbocycles. The highest BCUT2D eigenvalue weighted by Gasteiger charge is 2.22. The normalized spacial score (nSPS) is 19.7. The lowest BCUT2D eigenvalue weighted by Gasteiger charge is -2.29. The zero-order chi connectivity index (χ0) is 10.6. The molecule has 0 unspecified atom stereocenters. The molecule has 1 saturated heterocycles. The quantitative estimate of drug-likeness (QED) is 0.262. The fourth-order valence-corrected chi connectivity index (χ4v) is 1.66. The van der Waals surface area contributed by atoms with E-state index in [1.165, 1.54) is 4.90 Å². The van der Waals surface area contributed by atoms with Gasteiger partial charge in [-0.25, -0.2) is 4.79 Å². The van der Waals surface area contributed by atoms with Crippen molar-refractivity contribution in [3.63, 3.8) is 0 Å². The minimum Gasteiger partial charge on any atom is -0.465 e. The Morgan fingerprint density at radius 1 is 1.50 bits per heavy atom. The second-order valence-electron chi connectivity index (χ2n) is 3.51. The van der Waals surface area contributed by atoms with Crippen molar-refractivity contribution in [1.82, 2.24) is 4.90 Å². The van der Waals surface area contributed by atoms with Crippen molar-refractivity contribution in [3.8, 4) is 0 Å². The van der Waals surface area contributed by atoms with Gasteiger partial charge in [-0.1, -0.05) is 5.16 Å². The van der Waals surface area contributed by atoms with Crippen LogP contribution < -0.4 is 5.73 Å². The third-order valence-electron chi connectivity index (χ3n) is 2.51. The highest BCUT2D eigenvalue weighted by Crippen LogP contribution is 2.20. The van der Waals surface area contributed by atoms with Crippen molar-refractivity contribution in [2.24, 2.45) is 16.8 Å². The number of amides is 1. The van der Waals surface area contributed by atoms with Crippen LogP contribution in [0.15, 0.2) is 5.16 Å². The Balaban J connectivity index is 2.32. The fourth-order valence-electron chi connectivity index (χ4n) is 1.66. The van der Waals surface area contributed by atoms with Gasteiger partial charge in [-0.2, -0.15) is 0 Å². The number of hydrogen-bond acceptors (Lipinski definition) is 3. The maximum atomic E-state index is 10.6. The fraction of sp³-hybridized carbons (Fsp3) is 0.750. The van der Waals surface area contributed by atoms with E-state index in [0.29, 0.717) is 25.4 Å². The summed E-state index contributed by atoms with van der Waals surface area (Å²) in [5, 5.41) is 20.0. The molecule has 1 amide bonds. The van der Waals surface area contributed by atoms with Gasteiger partial charge in [0.25, 0.3) is 0 Å². The Labute approximate surface area is 82.0 Å². The van der Waals surface area contributed by atoms with Crippen molar-refractivity contribution in [2.45, 2.75) is 19.3 Å². The summed E-state index contributed by atoms with van der Waals surface area (Å²) in [4.78, 5) is 12.0. The molecule has 6 nitrogen and oxygen atoms in total. The van der Waals surface area contributed by atoms with Gasteiger partial charge in [-0.05, 0) is 18.8 Å². The van der Waals surface area contributed by atoms with Gasteiger partial charge in [0.2, 0.25) is 0 Å².